The molecule has 0 aliphatic rings. The molecule has 4 heteroatoms. The fourth-order valence-corrected chi connectivity index (χ4v) is 1.16. The van der Waals surface area contributed by atoms with Crippen LogP contribution in [0.2, 0.25) is 0 Å². The van der Waals surface area contributed by atoms with Crippen molar-refractivity contribution < 1.29 is 0 Å². The summed E-state index contributed by atoms with van der Waals surface area (Å²) in [4.78, 5) is 0. The summed E-state index contributed by atoms with van der Waals surface area (Å²) in [6.07, 6.45) is 0.636. The van der Waals surface area contributed by atoms with E-state index in [0.717, 1.165) is 11.5 Å². The molecule has 10 heavy (non-hydrogen) atoms. The molecule has 0 bridgehead atoms. The topological polar surface area (TPSA) is 49.8 Å². The largest absolute Gasteiger partial charge is 0.327 e. The first-order valence-electron chi connectivity index (χ1n) is 2.97. The Kier molecular flexibility index (Phi) is 11.6. The Labute approximate surface area is 72.6 Å². The minimum absolute atomic E-state index is 0. The third-order valence-corrected chi connectivity index (χ3v) is 1.99. The van der Waals surface area contributed by atoms with E-state index in [9.17, 15) is 0 Å². The van der Waals surface area contributed by atoms with Gasteiger partial charge in [-0.3, -0.25) is 0 Å². The molecule has 0 aliphatic carbocycles. The van der Waals surface area contributed by atoms with Crippen LogP contribution < -0.4 is 5.73 Å². The average molecular weight is 181 g/mol. The molecule has 2 nitrogen and oxygen atoms in total. The van der Waals surface area contributed by atoms with Crippen LogP contribution in [0.25, 0.3) is 0 Å². The van der Waals surface area contributed by atoms with Crippen LogP contribution in [-0.4, -0.2) is 17.5 Å². The molecule has 0 saturated carbocycles. The van der Waals surface area contributed by atoms with Crippen molar-refractivity contribution in [3.63, 3.8) is 0 Å². The third kappa shape index (κ3) is 11.0. The Morgan fingerprint density at radius 2 is 2.30 bits per heavy atom. The maximum absolute atomic E-state index is 8.14. The van der Waals surface area contributed by atoms with E-state index < -0.39 is 0 Å². The van der Waals surface area contributed by atoms with E-state index in [2.05, 4.69) is 6.07 Å². The fraction of sp³-hybridized carbons (Fsp3) is 0.833. The number of nitrogens with two attached hydrogens (primary N) is 1. The van der Waals surface area contributed by atoms with Crippen molar-refractivity contribution in [1.82, 2.24) is 0 Å². The quantitative estimate of drug-likeness (QED) is 0.666. The van der Waals surface area contributed by atoms with Crippen molar-refractivity contribution in [1.29, 1.82) is 5.26 Å². The first-order valence-corrected chi connectivity index (χ1v) is 4.13. The Balaban J connectivity index is 0. The van der Waals surface area contributed by atoms with Crippen LogP contribution in [0.4, 0.5) is 0 Å². The second kappa shape index (κ2) is 9.09. The molecule has 0 rings (SSSR count). The zero-order chi connectivity index (χ0) is 7.11. The molecule has 0 spiro atoms. The summed E-state index contributed by atoms with van der Waals surface area (Å²) in [6.45, 7) is 1.97. The lowest BCUT2D eigenvalue weighted by Crippen LogP contribution is -2.17. The Morgan fingerprint density at radius 1 is 1.70 bits per heavy atom. The van der Waals surface area contributed by atoms with E-state index in [1.165, 1.54) is 0 Å². The molecule has 1 unspecified atom stereocenters. The van der Waals surface area contributed by atoms with Gasteiger partial charge in [0.25, 0.3) is 0 Å². The summed E-state index contributed by atoms with van der Waals surface area (Å²) >= 11 is 1.74. The average Bonchev–Trinajstić information content (AvgIpc) is 1.80. The van der Waals surface area contributed by atoms with Crippen LogP contribution in [-0.2, 0) is 0 Å². The summed E-state index contributed by atoms with van der Waals surface area (Å²) in [7, 11) is 0. The van der Waals surface area contributed by atoms with Crippen LogP contribution in [0.15, 0.2) is 0 Å². The molecular weight excluding hydrogens is 168 g/mol. The van der Waals surface area contributed by atoms with Gasteiger partial charge >= 0.3 is 0 Å². The summed E-state index contributed by atoms with van der Waals surface area (Å²) in [5.41, 5.74) is 5.47. The molecule has 0 amide bonds. The molecule has 2 N–H and O–H groups in total. The van der Waals surface area contributed by atoms with Gasteiger partial charge in [0.1, 0.15) is 0 Å². The van der Waals surface area contributed by atoms with Gasteiger partial charge in [0, 0.05) is 24.0 Å². The number of nitriles is 1. The number of halogens is 1. The number of hydrogen-bond acceptors (Lipinski definition) is 3. The van der Waals surface area contributed by atoms with Gasteiger partial charge < -0.3 is 5.73 Å². The van der Waals surface area contributed by atoms with Crippen molar-refractivity contribution in [2.24, 2.45) is 5.73 Å². The SMILES string of the molecule is CC(N)CSCCC#N.Cl. The van der Waals surface area contributed by atoms with Gasteiger partial charge in [-0.25, -0.2) is 0 Å². The Hall–Kier alpha value is 0.0900. The maximum atomic E-state index is 8.14. The molecule has 0 heterocycles. The van der Waals surface area contributed by atoms with Gasteiger partial charge in [-0.1, -0.05) is 0 Å². The van der Waals surface area contributed by atoms with E-state index in [-0.39, 0.29) is 18.4 Å². The number of hydrogen-bond donors (Lipinski definition) is 1. The second-order valence-corrected chi connectivity index (χ2v) is 3.11. The van der Waals surface area contributed by atoms with Gasteiger partial charge in [0.2, 0.25) is 0 Å². The van der Waals surface area contributed by atoms with E-state index in [1.54, 1.807) is 11.8 Å². The van der Waals surface area contributed by atoms with Crippen LogP contribution in [0, 0.1) is 11.3 Å². The van der Waals surface area contributed by atoms with Gasteiger partial charge in [-0.15, -0.1) is 12.4 Å². The molecule has 0 aromatic heterocycles. The van der Waals surface area contributed by atoms with Crippen molar-refractivity contribution in [3.05, 3.63) is 0 Å². The Bertz CT molecular complexity index is 100. The standard InChI is InChI=1S/C6H12N2S.ClH/c1-6(8)5-9-4-2-3-7;/h6H,2,4-5,8H2,1H3;1H. The maximum Gasteiger partial charge on any atom is 0.0630 e. The normalized spacial score (nSPS) is 11.3. The monoisotopic (exact) mass is 180 g/mol. The van der Waals surface area contributed by atoms with E-state index in [0.29, 0.717) is 6.42 Å². The van der Waals surface area contributed by atoms with Crippen molar-refractivity contribution in [3.8, 4) is 6.07 Å². The molecule has 1 atom stereocenters. The first kappa shape index (κ1) is 12.7. The highest BCUT2D eigenvalue weighted by Crippen LogP contribution is 2.02. The van der Waals surface area contributed by atoms with Crippen LogP contribution in [0.1, 0.15) is 13.3 Å². The highest BCUT2D eigenvalue weighted by atomic mass is 35.5. The van der Waals surface area contributed by atoms with Crippen LogP contribution in [0.5, 0.6) is 0 Å². The summed E-state index contributed by atoms with van der Waals surface area (Å²) in [5, 5.41) is 8.14. The highest BCUT2D eigenvalue weighted by Gasteiger charge is 1.92. The molecule has 0 saturated heterocycles. The van der Waals surface area contributed by atoms with Crippen molar-refractivity contribution in [2.45, 2.75) is 19.4 Å². The highest BCUT2D eigenvalue weighted by molar-refractivity contribution is 7.99. The zero-order valence-corrected chi connectivity index (χ0v) is 7.67. The smallest absolute Gasteiger partial charge is 0.0630 e. The van der Waals surface area contributed by atoms with Crippen LogP contribution in [0.3, 0.4) is 0 Å². The molecule has 0 aliphatic heterocycles. The lowest BCUT2D eigenvalue weighted by Gasteiger charge is -2.00. The molecule has 0 fully saturated rings. The summed E-state index contributed by atoms with van der Waals surface area (Å²) < 4.78 is 0. The number of thioether (sulfide) groups is 1. The predicted molar refractivity (Wildman–Crippen MR) is 48.5 cm³/mol. The molecule has 60 valence electrons. The lowest BCUT2D eigenvalue weighted by molar-refractivity contribution is 0.847. The summed E-state index contributed by atoms with van der Waals surface area (Å²) in [5.74, 6) is 1.87. The fourth-order valence-electron chi connectivity index (χ4n) is 0.387. The van der Waals surface area contributed by atoms with E-state index in [1.807, 2.05) is 6.92 Å². The second-order valence-electron chi connectivity index (χ2n) is 1.96. The molecule has 0 aromatic carbocycles. The van der Waals surface area contributed by atoms with Gasteiger partial charge in [0.05, 0.1) is 6.07 Å². The van der Waals surface area contributed by atoms with Gasteiger partial charge in [-0.2, -0.15) is 17.0 Å². The molecule has 0 aromatic rings. The molecule has 0 radical (unpaired) electrons. The van der Waals surface area contributed by atoms with Crippen molar-refractivity contribution in [2.75, 3.05) is 11.5 Å². The van der Waals surface area contributed by atoms with E-state index in [4.69, 9.17) is 11.0 Å². The predicted octanol–water partition coefficient (Wildman–Crippen LogP) is 1.40. The van der Waals surface area contributed by atoms with Crippen LogP contribution >= 0.6 is 24.2 Å². The summed E-state index contributed by atoms with van der Waals surface area (Å²) in [6, 6.07) is 2.34. The number of rotatable bonds is 4. The minimum atomic E-state index is 0. The third-order valence-electron chi connectivity index (χ3n) is 0.739. The van der Waals surface area contributed by atoms with Gasteiger partial charge in [0.15, 0.2) is 0 Å². The number of nitrogens with zero attached hydrogens (tertiary/aromatic N) is 1. The van der Waals surface area contributed by atoms with Crippen molar-refractivity contribution >= 4 is 24.2 Å². The minimum Gasteiger partial charge on any atom is -0.327 e. The zero-order valence-electron chi connectivity index (χ0n) is 6.04. The molecular formula is C6H13ClN2S. The lowest BCUT2D eigenvalue weighted by atomic mass is 10.4. The first-order chi connectivity index (χ1) is 4.27. The van der Waals surface area contributed by atoms with Gasteiger partial charge in [-0.05, 0) is 6.92 Å². The Morgan fingerprint density at radius 3 is 2.70 bits per heavy atom. The van der Waals surface area contributed by atoms with E-state index >= 15 is 0 Å².